The van der Waals surface area contributed by atoms with E-state index >= 15 is 0 Å². The maximum Gasteiger partial charge on any atom is 0.264 e. The minimum absolute atomic E-state index is 0.0804. The van der Waals surface area contributed by atoms with Crippen molar-refractivity contribution in [1.29, 1.82) is 0 Å². The first kappa shape index (κ1) is 30.1. The zero-order valence-electron chi connectivity index (χ0n) is 23.8. The molecule has 2 N–H and O–H groups in total. The molecule has 9 nitrogen and oxygen atoms in total. The molecule has 0 aliphatic heterocycles. The molecule has 10 heteroatoms. The first-order valence-corrected chi connectivity index (χ1v) is 14.6. The van der Waals surface area contributed by atoms with Crippen LogP contribution in [0.25, 0.3) is 0 Å². The van der Waals surface area contributed by atoms with Crippen molar-refractivity contribution in [3.8, 4) is 11.5 Å². The van der Waals surface area contributed by atoms with E-state index in [1.165, 1.54) is 32.4 Å². The standard InChI is InChI=1S/C32H33N3O6S/c1-22-14-16-25(17-15-22)35(42(38,39)26-18-19-29(40-3)30(20-26)41-4)21-31(36)34-28-13-9-8-12-27(28)32(37)33-23(2)24-10-6-5-7-11-24/h5-20,23H,21H2,1-4H3,(H,33,37)(H,34,36)/t23-/m0/s1. The molecule has 0 saturated carbocycles. The van der Waals surface area contributed by atoms with Crippen LogP contribution in [0.2, 0.25) is 0 Å². The van der Waals surface area contributed by atoms with Gasteiger partial charge < -0.3 is 20.1 Å². The molecule has 4 rings (SSSR count). The summed E-state index contributed by atoms with van der Waals surface area (Å²) in [6.07, 6.45) is 0. The van der Waals surface area contributed by atoms with E-state index in [1.54, 1.807) is 48.5 Å². The Morgan fingerprint density at radius 3 is 2.14 bits per heavy atom. The molecule has 0 radical (unpaired) electrons. The third-order valence-electron chi connectivity index (χ3n) is 6.65. The molecule has 42 heavy (non-hydrogen) atoms. The van der Waals surface area contributed by atoms with E-state index in [2.05, 4.69) is 10.6 Å². The van der Waals surface area contributed by atoms with Gasteiger partial charge in [-0.2, -0.15) is 0 Å². The molecule has 4 aromatic carbocycles. The average molecular weight is 588 g/mol. The summed E-state index contributed by atoms with van der Waals surface area (Å²) in [5.74, 6) is -0.407. The van der Waals surface area contributed by atoms with Crippen LogP contribution in [0.1, 0.15) is 34.5 Å². The second-order valence-electron chi connectivity index (χ2n) is 9.56. The fourth-order valence-corrected chi connectivity index (χ4v) is 5.78. The average Bonchev–Trinajstić information content (AvgIpc) is 3.00. The molecule has 0 fully saturated rings. The normalized spacial score (nSPS) is 11.7. The minimum atomic E-state index is -4.23. The molecule has 4 aromatic rings. The van der Waals surface area contributed by atoms with E-state index in [4.69, 9.17) is 9.47 Å². The smallest absolute Gasteiger partial charge is 0.264 e. The molecule has 0 unspecified atom stereocenters. The summed E-state index contributed by atoms with van der Waals surface area (Å²) in [5, 5.41) is 5.68. The number of rotatable bonds is 11. The molecule has 2 amide bonds. The summed E-state index contributed by atoms with van der Waals surface area (Å²) in [7, 11) is -1.36. The summed E-state index contributed by atoms with van der Waals surface area (Å²) in [4.78, 5) is 26.5. The number of anilines is 2. The number of benzene rings is 4. The van der Waals surface area contributed by atoms with Gasteiger partial charge in [-0.05, 0) is 55.8 Å². The van der Waals surface area contributed by atoms with Crippen LogP contribution in [0.15, 0.2) is 102 Å². The number of aryl methyl sites for hydroxylation is 1. The van der Waals surface area contributed by atoms with Gasteiger partial charge in [-0.15, -0.1) is 0 Å². The fraction of sp³-hybridized carbons (Fsp3) is 0.188. The van der Waals surface area contributed by atoms with Crippen LogP contribution in [-0.4, -0.2) is 41.0 Å². The second kappa shape index (κ2) is 13.2. The summed E-state index contributed by atoms with van der Waals surface area (Å²) in [6.45, 7) is 3.20. The summed E-state index contributed by atoms with van der Waals surface area (Å²) < 4.78 is 39.3. The van der Waals surface area contributed by atoms with Gasteiger partial charge in [0, 0.05) is 6.07 Å². The number of carbonyl (C=O) groups excluding carboxylic acids is 2. The molecule has 0 heterocycles. The van der Waals surface area contributed by atoms with Crippen molar-refractivity contribution >= 4 is 33.2 Å². The van der Waals surface area contributed by atoms with Crippen molar-refractivity contribution in [2.24, 2.45) is 0 Å². The number of sulfonamides is 1. The third-order valence-corrected chi connectivity index (χ3v) is 8.41. The monoisotopic (exact) mass is 587 g/mol. The highest BCUT2D eigenvalue weighted by Crippen LogP contribution is 2.32. The van der Waals surface area contributed by atoms with Crippen LogP contribution in [-0.2, 0) is 14.8 Å². The minimum Gasteiger partial charge on any atom is -0.493 e. The maximum absolute atomic E-state index is 13.9. The van der Waals surface area contributed by atoms with Gasteiger partial charge in [0.2, 0.25) is 5.91 Å². The summed E-state index contributed by atoms with van der Waals surface area (Å²) in [6, 6.07) is 26.8. The van der Waals surface area contributed by atoms with Crippen LogP contribution in [0.4, 0.5) is 11.4 Å². The van der Waals surface area contributed by atoms with Gasteiger partial charge >= 0.3 is 0 Å². The number of nitrogens with one attached hydrogen (secondary N) is 2. The Balaban J connectivity index is 1.61. The molecule has 0 bridgehead atoms. The number of ether oxygens (including phenoxy) is 2. The molecular formula is C32H33N3O6S. The molecule has 0 aromatic heterocycles. The van der Waals surface area contributed by atoms with Crippen LogP contribution in [0.5, 0.6) is 11.5 Å². The quantitative estimate of drug-likeness (QED) is 0.245. The van der Waals surface area contributed by atoms with Crippen molar-refractivity contribution in [3.05, 3.63) is 114 Å². The van der Waals surface area contributed by atoms with E-state index in [9.17, 15) is 18.0 Å². The number of methoxy groups -OCH3 is 2. The van der Waals surface area contributed by atoms with Gasteiger partial charge in [-0.1, -0.05) is 60.2 Å². The largest absolute Gasteiger partial charge is 0.493 e. The third kappa shape index (κ3) is 6.90. The second-order valence-corrected chi connectivity index (χ2v) is 11.4. The van der Waals surface area contributed by atoms with Crippen LogP contribution >= 0.6 is 0 Å². The predicted octanol–water partition coefficient (Wildman–Crippen LogP) is 5.34. The lowest BCUT2D eigenvalue weighted by Crippen LogP contribution is -2.38. The van der Waals surface area contributed by atoms with Crippen molar-refractivity contribution in [3.63, 3.8) is 0 Å². The Morgan fingerprint density at radius 2 is 1.48 bits per heavy atom. The predicted molar refractivity (Wildman–Crippen MR) is 163 cm³/mol. The molecule has 0 spiro atoms. The maximum atomic E-state index is 13.9. The highest BCUT2D eigenvalue weighted by atomic mass is 32.2. The van der Waals surface area contributed by atoms with Gasteiger partial charge in [0.25, 0.3) is 15.9 Å². The van der Waals surface area contributed by atoms with Crippen molar-refractivity contribution in [2.75, 3.05) is 30.4 Å². The van der Waals surface area contributed by atoms with E-state index < -0.39 is 22.5 Å². The number of hydrogen-bond acceptors (Lipinski definition) is 6. The summed E-state index contributed by atoms with van der Waals surface area (Å²) >= 11 is 0. The van der Waals surface area contributed by atoms with Gasteiger partial charge in [0.05, 0.1) is 42.1 Å². The van der Waals surface area contributed by atoms with Crippen molar-refractivity contribution < 1.29 is 27.5 Å². The number of amides is 2. The fourth-order valence-electron chi connectivity index (χ4n) is 4.34. The van der Waals surface area contributed by atoms with Crippen LogP contribution in [0, 0.1) is 6.92 Å². The van der Waals surface area contributed by atoms with E-state index in [0.717, 1.165) is 15.4 Å². The van der Waals surface area contributed by atoms with Crippen molar-refractivity contribution in [1.82, 2.24) is 5.32 Å². The van der Waals surface area contributed by atoms with E-state index in [0.29, 0.717) is 11.4 Å². The van der Waals surface area contributed by atoms with Crippen LogP contribution < -0.4 is 24.4 Å². The first-order valence-electron chi connectivity index (χ1n) is 13.2. The summed E-state index contributed by atoms with van der Waals surface area (Å²) in [5.41, 5.74) is 2.66. The highest BCUT2D eigenvalue weighted by Gasteiger charge is 2.29. The Labute approximate surface area is 246 Å². The number of hydrogen-bond donors (Lipinski definition) is 2. The zero-order valence-corrected chi connectivity index (χ0v) is 24.6. The Kier molecular flexibility index (Phi) is 9.49. The number of nitrogens with zero attached hydrogens (tertiary/aromatic N) is 1. The molecule has 0 aliphatic carbocycles. The first-order chi connectivity index (χ1) is 20.1. The SMILES string of the molecule is COc1ccc(S(=O)(=O)N(CC(=O)Nc2ccccc2C(=O)N[C@@H](C)c2ccccc2)c2ccc(C)cc2)cc1OC. The van der Waals surface area contributed by atoms with Gasteiger partial charge in [-0.25, -0.2) is 8.42 Å². The van der Waals surface area contributed by atoms with Gasteiger partial charge in [-0.3, -0.25) is 13.9 Å². The highest BCUT2D eigenvalue weighted by molar-refractivity contribution is 7.92. The molecular weight excluding hydrogens is 554 g/mol. The Morgan fingerprint density at radius 1 is 0.833 bits per heavy atom. The topological polar surface area (TPSA) is 114 Å². The number of carbonyl (C=O) groups is 2. The molecule has 0 saturated heterocycles. The lowest BCUT2D eigenvalue weighted by molar-refractivity contribution is -0.114. The number of para-hydroxylation sites is 1. The van der Waals surface area contributed by atoms with E-state index in [1.807, 2.05) is 44.2 Å². The Hall–Kier alpha value is -4.83. The van der Waals surface area contributed by atoms with E-state index in [-0.39, 0.29) is 33.8 Å². The van der Waals surface area contributed by atoms with Gasteiger partial charge in [0.15, 0.2) is 11.5 Å². The lowest BCUT2D eigenvalue weighted by atomic mass is 10.1. The van der Waals surface area contributed by atoms with Crippen LogP contribution in [0.3, 0.4) is 0 Å². The Bertz CT molecular complexity index is 1660. The molecule has 0 aliphatic rings. The zero-order chi connectivity index (χ0) is 30.3. The van der Waals surface area contributed by atoms with Crippen molar-refractivity contribution in [2.45, 2.75) is 24.8 Å². The van der Waals surface area contributed by atoms with Gasteiger partial charge in [0.1, 0.15) is 6.54 Å². The molecule has 218 valence electrons. The molecule has 1 atom stereocenters. The lowest BCUT2D eigenvalue weighted by Gasteiger charge is -2.25.